The molecule has 1 unspecified atom stereocenters. The van der Waals surface area contributed by atoms with Crippen LogP contribution in [0, 0.1) is 17.3 Å². The summed E-state index contributed by atoms with van der Waals surface area (Å²) in [4.78, 5) is 26.8. The number of amides is 1. The summed E-state index contributed by atoms with van der Waals surface area (Å²) in [6.45, 7) is 10.5. The van der Waals surface area contributed by atoms with Gasteiger partial charge in [-0.2, -0.15) is 0 Å². The second-order valence-corrected chi connectivity index (χ2v) is 9.10. The van der Waals surface area contributed by atoms with Crippen LogP contribution in [0.3, 0.4) is 0 Å². The molecule has 6 heteroatoms. The van der Waals surface area contributed by atoms with Crippen LogP contribution in [0.25, 0.3) is 0 Å². The Morgan fingerprint density at radius 3 is 2.20 bits per heavy atom. The molecule has 1 atom stereocenters. The lowest BCUT2D eigenvalue weighted by atomic mass is 9.68. The molecule has 0 aromatic rings. The zero-order valence-corrected chi connectivity index (χ0v) is 16.1. The summed E-state index contributed by atoms with van der Waals surface area (Å²) in [5.41, 5.74) is -0.476. The van der Waals surface area contributed by atoms with Crippen molar-refractivity contribution in [3.63, 3.8) is 0 Å². The minimum Gasteiger partial charge on any atom is -0.481 e. The number of hydrogen-bond acceptors (Lipinski definition) is 4. The highest BCUT2D eigenvalue weighted by Gasteiger charge is 2.39. The van der Waals surface area contributed by atoms with Gasteiger partial charge in [-0.1, -0.05) is 20.8 Å². The highest BCUT2D eigenvalue weighted by Crippen LogP contribution is 2.41. The molecular formula is C19H34N2O4. The molecule has 144 valence electrons. The number of hydrogen-bond donors (Lipinski definition) is 2. The monoisotopic (exact) mass is 354 g/mol. The Labute approximate surface area is 151 Å². The quantitative estimate of drug-likeness (QED) is 0.808. The first-order valence-electron chi connectivity index (χ1n) is 9.43. The van der Waals surface area contributed by atoms with Crippen LogP contribution in [0.15, 0.2) is 0 Å². The van der Waals surface area contributed by atoms with Gasteiger partial charge >= 0.3 is 5.97 Å². The Balaban J connectivity index is 1.99. The number of nitrogens with zero attached hydrogens (tertiary/aromatic N) is 2. The maximum atomic E-state index is 11.7. The van der Waals surface area contributed by atoms with Crippen LogP contribution in [0.2, 0.25) is 0 Å². The molecule has 1 heterocycles. The molecule has 2 N–H and O–H groups in total. The lowest BCUT2D eigenvalue weighted by Gasteiger charge is -2.43. The average molecular weight is 354 g/mol. The molecule has 0 aromatic heterocycles. The highest BCUT2D eigenvalue weighted by atomic mass is 16.4. The first kappa shape index (κ1) is 20.2. The molecule has 1 saturated carbocycles. The second-order valence-electron chi connectivity index (χ2n) is 9.10. The third-order valence-corrected chi connectivity index (χ3v) is 6.06. The summed E-state index contributed by atoms with van der Waals surface area (Å²) in [7, 11) is 0. The SMILES string of the molecule is CC(=O)N1CCN(CC2(O)CCC(C(C)(C)C)CC2)CC(C(=O)O)C1. The molecule has 2 aliphatic rings. The Hall–Kier alpha value is -1.14. The van der Waals surface area contributed by atoms with Crippen molar-refractivity contribution in [2.75, 3.05) is 32.7 Å². The van der Waals surface area contributed by atoms with Crippen molar-refractivity contribution >= 4 is 11.9 Å². The minimum absolute atomic E-state index is 0.0857. The van der Waals surface area contributed by atoms with Gasteiger partial charge in [-0.25, -0.2) is 0 Å². The summed E-state index contributed by atoms with van der Waals surface area (Å²) in [6.07, 6.45) is 3.55. The molecule has 0 aromatic carbocycles. The van der Waals surface area contributed by atoms with Crippen LogP contribution >= 0.6 is 0 Å². The zero-order valence-electron chi connectivity index (χ0n) is 16.1. The Morgan fingerprint density at radius 1 is 1.12 bits per heavy atom. The molecule has 0 radical (unpaired) electrons. The first-order valence-corrected chi connectivity index (χ1v) is 9.43. The molecule has 2 fully saturated rings. The van der Waals surface area contributed by atoms with E-state index in [1.54, 1.807) is 4.90 Å². The van der Waals surface area contributed by atoms with Crippen molar-refractivity contribution in [1.82, 2.24) is 9.80 Å². The van der Waals surface area contributed by atoms with Crippen LogP contribution < -0.4 is 0 Å². The van der Waals surface area contributed by atoms with Crippen LogP contribution in [0.1, 0.15) is 53.4 Å². The average Bonchev–Trinajstić information content (AvgIpc) is 2.69. The summed E-state index contributed by atoms with van der Waals surface area (Å²) >= 11 is 0. The number of carbonyl (C=O) groups excluding carboxylic acids is 1. The number of carbonyl (C=O) groups is 2. The molecular weight excluding hydrogens is 320 g/mol. The van der Waals surface area contributed by atoms with E-state index in [1.807, 2.05) is 4.90 Å². The van der Waals surface area contributed by atoms with Gasteiger partial charge in [0.2, 0.25) is 5.91 Å². The van der Waals surface area contributed by atoms with E-state index < -0.39 is 17.5 Å². The number of carboxylic acid groups (broad SMARTS) is 1. The van der Waals surface area contributed by atoms with E-state index in [9.17, 15) is 19.8 Å². The van der Waals surface area contributed by atoms with Crippen LogP contribution in [0.5, 0.6) is 0 Å². The molecule has 2 rings (SSSR count). The fraction of sp³-hybridized carbons (Fsp3) is 0.895. The van der Waals surface area contributed by atoms with E-state index in [0.29, 0.717) is 32.1 Å². The van der Waals surface area contributed by atoms with Gasteiger partial charge in [0.05, 0.1) is 11.5 Å². The summed E-state index contributed by atoms with van der Waals surface area (Å²) in [6, 6.07) is 0. The lowest BCUT2D eigenvalue weighted by molar-refractivity contribution is -0.143. The van der Waals surface area contributed by atoms with Crippen molar-refractivity contribution < 1.29 is 19.8 Å². The van der Waals surface area contributed by atoms with Crippen LogP contribution in [0.4, 0.5) is 0 Å². The van der Waals surface area contributed by atoms with Gasteiger partial charge in [0.15, 0.2) is 0 Å². The normalized spacial score (nSPS) is 32.3. The van der Waals surface area contributed by atoms with Gasteiger partial charge in [0.1, 0.15) is 0 Å². The maximum absolute atomic E-state index is 11.7. The molecule has 1 amide bonds. The third-order valence-electron chi connectivity index (χ3n) is 6.06. The fourth-order valence-electron chi connectivity index (χ4n) is 4.26. The molecule has 0 spiro atoms. The lowest BCUT2D eigenvalue weighted by Crippen LogP contribution is -2.48. The van der Waals surface area contributed by atoms with Gasteiger partial charge in [-0.15, -0.1) is 0 Å². The van der Waals surface area contributed by atoms with E-state index in [4.69, 9.17) is 0 Å². The van der Waals surface area contributed by atoms with Gasteiger partial charge in [0.25, 0.3) is 0 Å². The number of aliphatic carboxylic acids is 1. The van der Waals surface area contributed by atoms with Crippen molar-refractivity contribution in [2.24, 2.45) is 17.3 Å². The predicted molar refractivity (Wildman–Crippen MR) is 96.2 cm³/mol. The molecule has 1 aliphatic heterocycles. The second kappa shape index (κ2) is 7.62. The van der Waals surface area contributed by atoms with E-state index in [2.05, 4.69) is 20.8 Å². The Morgan fingerprint density at radius 2 is 1.72 bits per heavy atom. The Kier molecular flexibility index (Phi) is 6.15. The summed E-state index contributed by atoms with van der Waals surface area (Å²) in [5.74, 6) is -0.933. The smallest absolute Gasteiger partial charge is 0.309 e. The summed E-state index contributed by atoms with van der Waals surface area (Å²) < 4.78 is 0. The van der Waals surface area contributed by atoms with Gasteiger partial charge in [-0.05, 0) is 37.0 Å². The third kappa shape index (κ3) is 5.42. The first-order chi connectivity index (χ1) is 11.5. The highest BCUT2D eigenvalue weighted by molar-refractivity contribution is 5.75. The van der Waals surface area contributed by atoms with Gasteiger partial charge in [0, 0.05) is 39.6 Å². The van der Waals surface area contributed by atoms with Crippen LogP contribution in [-0.2, 0) is 9.59 Å². The summed E-state index contributed by atoms with van der Waals surface area (Å²) in [5, 5.41) is 20.5. The molecule has 1 saturated heterocycles. The maximum Gasteiger partial charge on any atom is 0.309 e. The largest absolute Gasteiger partial charge is 0.481 e. The van der Waals surface area contributed by atoms with Crippen molar-refractivity contribution in [3.05, 3.63) is 0 Å². The molecule has 0 bridgehead atoms. The fourth-order valence-corrected chi connectivity index (χ4v) is 4.26. The van der Waals surface area contributed by atoms with Crippen molar-refractivity contribution in [3.8, 4) is 0 Å². The minimum atomic E-state index is -0.874. The Bertz CT molecular complexity index is 492. The van der Waals surface area contributed by atoms with Crippen molar-refractivity contribution in [2.45, 2.75) is 59.0 Å². The number of β-amino-alcohol motifs (C(OH)–C–C–N with tert-alkyl or cyclic N) is 1. The van der Waals surface area contributed by atoms with E-state index in [1.165, 1.54) is 6.92 Å². The van der Waals surface area contributed by atoms with Gasteiger partial charge in [-0.3, -0.25) is 14.5 Å². The molecule has 1 aliphatic carbocycles. The van der Waals surface area contributed by atoms with Crippen LogP contribution in [-0.4, -0.2) is 70.2 Å². The zero-order chi connectivity index (χ0) is 18.8. The number of rotatable bonds is 3. The topological polar surface area (TPSA) is 81.1 Å². The van der Waals surface area contributed by atoms with E-state index >= 15 is 0 Å². The standard InChI is InChI=1S/C19H34N2O4/c1-14(22)21-10-9-20(11-15(12-21)17(23)24)13-19(25)7-5-16(6-8-19)18(2,3)4/h15-16,25H,5-13H2,1-4H3,(H,23,24). The van der Waals surface area contributed by atoms with Gasteiger partial charge < -0.3 is 15.1 Å². The molecule has 25 heavy (non-hydrogen) atoms. The van der Waals surface area contributed by atoms with Crippen molar-refractivity contribution in [1.29, 1.82) is 0 Å². The predicted octanol–water partition coefficient (Wildman–Crippen LogP) is 1.82. The number of aliphatic hydroxyl groups is 1. The molecule has 6 nitrogen and oxygen atoms in total. The van der Waals surface area contributed by atoms with E-state index in [-0.39, 0.29) is 17.9 Å². The van der Waals surface area contributed by atoms with E-state index in [0.717, 1.165) is 25.7 Å². The number of carboxylic acids is 1.